The summed E-state index contributed by atoms with van der Waals surface area (Å²) in [6.45, 7) is 3.65. The van der Waals surface area contributed by atoms with Gasteiger partial charge in [-0.05, 0) is 57.1 Å². The maximum Gasteiger partial charge on any atom is 0.0701 e. The van der Waals surface area contributed by atoms with E-state index in [1.54, 1.807) is 11.3 Å². The predicted molar refractivity (Wildman–Crippen MR) is 83.2 cm³/mol. The highest BCUT2D eigenvalue weighted by Gasteiger charge is 2.07. The van der Waals surface area contributed by atoms with Crippen LogP contribution in [-0.4, -0.2) is 7.05 Å². The fraction of sp³-hybridized carbons (Fsp3) is 0.286. The third-order valence-corrected chi connectivity index (χ3v) is 4.50. The first-order valence-electron chi connectivity index (χ1n) is 5.84. The molecule has 2 rings (SSSR count). The minimum absolute atomic E-state index is 0.600. The van der Waals surface area contributed by atoms with E-state index >= 15 is 0 Å². The number of hydrogen-bond acceptors (Lipinski definition) is 3. The van der Waals surface area contributed by atoms with Gasteiger partial charge >= 0.3 is 0 Å². The largest absolute Gasteiger partial charge is 0.370 e. The van der Waals surface area contributed by atoms with Gasteiger partial charge in [0.15, 0.2) is 0 Å². The molecular formula is C14H17BrN2S. The molecule has 2 aromatic rings. The average molecular weight is 325 g/mol. The number of thiophene rings is 1. The van der Waals surface area contributed by atoms with E-state index in [-0.39, 0.29) is 0 Å². The van der Waals surface area contributed by atoms with E-state index in [2.05, 4.69) is 64.4 Å². The third kappa shape index (κ3) is 3.13. The van der Waals surface area contributed by atoms with Crippen molar-refractivity contribution in [2.24, 2.45) is 5.73 Å². The summed E-state index contributed by atoms with van der Waals surface area (Å²) in [5, 5.41) is 2.18. The Morgan fingerprint density at radius 3 is 2.61 bits per heavy atom. The van der Waals surface area contributed by atoms with E-state index in [1.165, 1.54) is 26.2 Å². The van der Waals surface area contributed by atoms with Gasteiger partial charge in [0, 0.05) is 25.8 Å². The molecule has 0 amide bonds. The molecule has 0 aliphatic carbocycles. The average Bonchev–Trinajstić information content (AvgIpc) is 2.74. The van der Waals surface area contributed by atoms with E-state index < -0.39 is 0 Å². The van der Waals surface area contributed by atoms with Crippen LogP contribution >= 0.6 is 27.3 Å². The van der Waals surface area contributed by atoms with E-state index in [0.717, 1.165) is 6.54 Å². The zero-order valence-electron chi connectivity index (χ0n) is 10.6. The fourth-order valence-corrected chi connectivity index (χ4v) is 3.26. The molecule has 0 saturated heterocycles. The van der Waals surface area contributed by atoms with Crippen molar-refractivity contribution in [3.05, 3.63) is 50.1 Å². The minimum atomic E-state index is 0.600. The minimum Gasteiger partial charge on any atom is -0.370 e. The summed E-state index contributed by atoms with van der Waals surface area (Å²) in [5.41, 5.74) is 10.7. The van der Waals surface area contributed by atoms with Crippen LogP contribution in [-0.2, 0) is 13.1 Å². The highest BCUT2D eigenvalue weighted by Crippen LogP contribution is 2.25. The van der Waals surface area contributed by atoms with Crippen LogP contribution in [0.5, 0.6) is 0 Å². The Bertz CT molecular complexity index is 536. The molecule has 0 radical (unpaired) electrons. The summed E-state index contributed by atoms with van der Waals surface area (Å²) in [6.07, 6.45) is 0. The van der Waals surface area contributed by atoms with Gasteiger partial charge in [-0.15, -0.1) is 11.3 Å². The summed E-state index contributed by atoms with van der Waals surface area (Å²) in [5.74, 6) is 0. The molecule has 0 fully saturated rings. The van der Waals surface area contributed by atoms with Gasteiger partial charge in [-0.2, -0.15) is 0 Å². The number of halogens is 1. The lowest BCUT2D eigenvalue weighted by atomic mass is 10.1. The Kier molecular flexibility index (Phi) is 4.43. The predicted octanol–water partition coefficient (Wildman–Crippen LogP) is 3.91. The molecule has 1 aromatic carbocycles. The van der Waals surface area contributed by atoms with Crippen molar-refractivity contribution < 1.29 is 0 Å². The molecule has 96 valence electrons. The van der Waals surface area contributed by atoms with Crippen LogP contribution in [0.25, 0.3) is 0 Å². The molecule has 0 aliphatic heterocycles. The molecule has 1 heterocycles. The van der Waals surface area contributed by atoms with Crippen LogP contribution in [0, 0.1) is 6.92 Å². The van der Waals surface area contributed by atoms with E-state index in [0.29, 0.717) is 6.54 Å². The number of anilines is 1. The van der Waals surface area contributed by atoms with Gasteiger partial charge in [0.1, 0.15) is 0 Å². The van der Waals surface area contributed by atoms with Crippen LogP contribution in [0.3, 0.4) is 0 Å². The topological polar surface area (TPSA) is 29.3 Å². The van der Waals surface area contributed by atoms with Crippen molar-refractivity contribution in [2.45, 2.75) is 20.0 Å². The summed E-state index contributed by atoms with van der Waals surface area (Å²) < 4.78 is 1.18. The number of hydrogen-bond donors (Lipinski definition) is 1. The quantitative estimate of drug-likeness (QED) is 0.923. The molecule has 18 heavy (non-hydrogen) atoms. The lowest BCUT2D eigenvalue weighted by Crippen LogP contribution is -2.17. The van der Waals surface area contributed by atoms with Crippen molar-refractivity contribution in [1.82, 2.24) is 0 Å². The molecule has 0 unspecified atom stereocenters. The standard InChI is InChI=1S/C14H17BrN2S/c1-10-5-11(7-16)3-4-13(10)17(2)8-12-6-14(15)18-9-12/h3-6,9H,7-8,16H2,1-2H3. The fourth-order valence-electron chi connectivity index (χ4n) is 2.06. The summed E-state index contributed by atoms with van der Waals surface area (Å²) in [6, 6.07) is 8.58. The number of nitrogens with zero attached hydrogens (tertiary/aromatic N) is 1. The first-order valence-corrected chi connectivity index (χ1v) is 7.51. The molecule has 2 nitrogen and oxygen atoms in total. The van der Waals surface area contributed by atoms with Crippen molar-refractivity contribution in [2.75, 3.05) is 11.9 Å². The highest BCUT2D eigenvalue weighted by atomic mass is 79.9. The summed E-state index contributed by atoms with van der Waals surface area (Å²) in [7, 11) is 2.12. The van der Waals surface area contributed by atoms with Crippen LogP contribution in [0.2, 0.25) is 0 Å². The first-order chi connectivity index (χ1) is 8.60. The Morgan fingerprint density at radius 1 is 1.28 bits per heavy atom. The SMILES string of the molecule is Cc1cc(CN)ccc1N(C)Cc1csc(Br)c1. The maximum absolute atomic E-state index is 5.65. The Morgan fingerprint density at radius 2 is 2.06 bits per heavy atom. The van der Waals surface area contributed by atoms with Gasteiger partial charge in [-0.25, -0.2) is 0 Å². The maximum atomic E-state index is 5.65. The number of aryl methyl sites for hydroxylation is 1. The second-order valence-corrected chi connectivity index (χ2v) is 6.73. The van der Waals surface area contributed by atoms with E-state index in [9.17, 15) is 0 Å². The molecule has 4 heteroatoms. The third-order valence-electron chi connectivity index (χ3n) is 2.95. The first kappa shape index (κ1) is 13.6. The van der Waals surface area contributed by atoms with E-state index in [1.807, 2.05) is 0 Å². The Hall–Kier alpha value is -0.840. The van der Waals surface area contributed by atoms with Crippen molar-refractivity contribution in [1.29, 1.82) is 0 Å². The molecule has 0 aliphatic rings. The van der Waals surface area contributed by atoms with Crippen LogP contribution < -0.4 is 10.6 Å². The van der Waals surface area contributed by atoms with Gasteiger partial charge in [-0.3, -0.25) is 0 Å². The van der Waals surface area contributed by atoms with E-state index in [4.69, 9.17) is 5.73 Å². The molecule has 1 aromatic heterocycles. The second-order valence-electron chi connectivity index (χ2n) is 4.44. The zero-order chi connectivity index (χ0) is 13.1. The van der Waals surface area contributed by atoms with Crippen LogP contribution in [0.15, 0.2) is 33.4 Å². The highest BCUT2D eigenvalue weighted by molar-refractivity contribution is 9.11. The lowest BCUT2D eigenvalue weighted by molar-refractivity contribution is 0.919. The molecule has 0 spiro atoms. The monoisotopic (exact) mass is 324 g/mol. The van der Waals surface area contributed by atoms with Gasteiger partial charge in [0.2, 0.25) is 0 Å². The number of benzene rings is 1. The van der Waals surface area contributed by atoms with Gasteiger partial charge < -0.3 is 10.6 Å². The summed E-state index contributed by atoms with van der Waals surface area (Å²) in [4.78, 5) is 2.27. The van der Waals surface area contributed by atoms with Crippen LogP contribution in [0.1, 0.15) is 16.7 Å². The molecular weight excluding hydrogens is 308 g/mol. The van der Waals surface area contributed by atoms with Gasteiger partial charge in [0.05, 0.1) is 3.79 Å². The zero-order valence-corrected chi connectivity index (χ0v) is 13.0. The Labute approximate surface area is 121 Å². The molecule has 0 atom stereocenters. The van der Waals surface area contributed by atoms with Gasteiger partial charge in [-0.1, -0.05) is 12.1 Å². The van der Waals surface area contributed by atoms with Gasteiger partial charge in [0.25, 0.3) is 0 Å². The lowest BCUT2D eigenvalue weighted by Gasteiger charge is -2.21. The normalized spacial score (nSPS) is 10.7. The number of nitrogens with two attached hydrogens (primary N) is 1. The van der Waals surface area contributed by atoms with Crippen molar-refractivity contribution in [3.63, 3.8) is 0 Å². The molecule has 0 bridgehead atoms. The van der Waals surface area contributed by atoms with Crippen molar-refractivity contribution >= 4 is 33.0 Å². The summed E-state index contributed by atoms with van der Waals surface area (Å²) >= 11 is 5.22. The number of rotatable bonds is 4. The smallest absolute Gasteiger partial charge is 0.0701 e. The molecule has 2 N–H and O–H groups in total. The second kappa shape index (κ2) is 5.87. The van der Waals surface area contributed by atoms with Crippen LogP contribution in [0.4, 0.5) is 5.69 Å². The molecule has 0 saturated carbocycles. The van der Waals surface area contributed by atoms with Crippen molar-refractivity contribution in [3.8, 4) is 0 Å². The Balaban J connectivity index is 2.15.